The number of carbonyl (C=O) groups is 1. The number of aliphatic hydroxyl groups is 1. The Morgan fingerprint density at radius 1 is 0.917 bits per heavy atom. The maximum absolute atomic E-state index is 14.2. The van der Waals surface area contributed by atoms with Crippen LogP contribution in [0.4, 0.5) is 0 Å². The van der Waals surface area contributed by atoms with Crippen molar-refractivity contribution in [1.82, 2.24) is 14.2 Å². The van der Waals surface area contributed by atoms with Gasteiger partial charge in [-0.15, -0.1) is 0 Å². The van der Waals surface area contributed by atoms with E-state index in [9.17, 15) is 14.5 Å². The Hall–Kier alpha value is -0.500. The third kappa shape index (κ3) is 11.5. The molecule has 0 aromatic heterocycles. The fourth-order valence-electron chi connectivity index (χ4n) is 4.41. The van der Waals surface area contributed by atoms with Gasteiger partial charge in [0.2, 0.25) is 0 Å². The molecule has 0 radical (unpaired) electrons. The summed E-state index contributed by atoms with van der Waals surface area (Å²) in [4.78, 5) is 14.9. The highest BCUT2D eigenvalue weighted by Crippen LogP contribution is 2.54. The SMILES string of the molecule is CCCCCCCC(CCCCC)OP(=O)(N(C)C)N1CCN(C(=O)C(C)(C)OCC(C)(C)O)CC1. The molecule has 36 heavy (non-hydrogen) atoms. The van der Waals surface area contributed by atoms with Crippen molar-refractivity contribution >= 4 is 13.6 Å². The molecule has 0 aliphatic carbocycles. The number of ether oxygens (including phenoxy) is 1. The van der Waals surface area contributed by atoms with E-state index in [1.165, 1.54) is 25.7 Å². The van der Waals surface area contributed by atoms with Crippen LogP contribution >= 0.6 is 7.67 Å². The largest absolute Gasteiger partial charge is 0.388 e. The summed E-state index contributed by atoms with van der Waals surface area (Å²) in [6.07, 6.45) is 11.3. The van der Waals surface area contributed by atoms with E-state index in [1.54, 1.807) is 37.3 Å². The number of hydrogen-bond donors (Lipinski definition) is 1. The fraction of sp³-hybridized carbons (Fsp3) is 0.963. The van der Waals surface area contributed by atoms with Gasteiger partial charge in [-0.05, 0) is 54.6 Å². The van der Waals surface area contributed by atoms with Crippen LogP contribution in [0, 0.1) is 0 Å². The van der Waals surface area contributed by atoms with Crippen molar-refractivity contribution < 1.29 is 23.7 Å². The van der Waals surface area contributed by atoms with Gasteiger partial charge in [0, 0.05) is 26.2 Å². The first-order valence-corrected chi connectivity index (χ1v) is 15.7. The molecule has 2 atom stereocenters. The molecule has 8 nitrogen and oxygen atoms in total. The van der Waals surface area contributed by atoms with Crippen LogP contribution in [0.3, 0.4) is 0 Å². The van der Waals surface area contributed by atoms with E-state index in [-0.39, 0.29) is 18.6 Å². The van der Waals surface area contributed by atoms with Crippen LogP contribution in [0.2, 0.25) is 0 Å². The number of hydrogen-bond acceptors (Lipinski definition) is 5. The molecule has 1 N–H and O–H groups in total. The minimum absolute atomic E-state index is 0.0137. The van der Waals surface area contributed by atoms with Gasteiger partial charge >= 0.3 is 7.67 Å². The highest BCUT2D eigenvalue weighted by Gasteiger charge is 2.42. The zero-order chi connectivity index (χ0) is 27.4. The van der Waals surface area contributed by atoms with Gasteiger partial charge in [0.25, 0.3) is 5.91 Å². The lowest BCUT2D eigenvalue weighted by atomic mass is 10.0. The van der Waals surface area contributed by atoms with E-state index in [0.29, 0.717) is 26.2 Å². The molecular weight excluding hydrogens is 477 g/mol. The van der Waals surface area contributed by atoms with E-state index < -0.39 is 18.9 Å². The summed E-state index contributed by atoms with van der Waals surface area (Å²) in [5, 5.41) is 9.98. The van der Waals surface area contributed by atoms with Crippen molar-refractivity contribution in [3.63, 3.8) is 0 Å². The van der Waals surface area contributed by atoms with Crippen LogP contribution in [0.5, 0.6) is 0 Å². The van der Waals surface area contributed by atoms with Crippen LogP contribution in [-0.2, 0) is 18.6 Å². The molecule has 1 rings (SSSR count). The first-order valence-electron chi connectivity index (χ1n) is 14.1. The molecule has 2 unspecified atom stereocenters. The quantitative estimate of drug-likeness (QED) is 0.179. The molecule has 0 aromatic rings. The molecular formula is C27H56N3O5P. The Morgan fingerprint density at radius 2 is 1.42 bits per heavy atom. The number of piperazine rings is 1. The summed E-state index contributed by atoms with van der Waals surface area (Å²) in [6, 6.07) is 0. The van der Waals surface area contributed by atoms with E-state index in [4.69, 9.17) is 9.26 Å². The first-order chi connectivity index (χ1) is 16.8. The second-order valence-corrected chi connectivity index (χ2v) is 14.2. The summed E-state index contributed by atoms with van der Waals surface area (Å²) in [7, 11) is 0.459. The first kappa shape index (κ1) is 33.5. The molecule has 1 aliphatic rings. The maximum atomic E-state index is 14.2. The third-order valence-corrected chi connectivity index (χ3v) is 9.45. The molecule has 0 aromatic carbocycles. The van der Waals surface area contributed by atoms with Crippen LogP contribution in [0.15, 0.2) is 0 Å². The summed E-state index contributed by atoms with van der Waals surface area (Å²) >= 11 is 0. The molecule has 0 spiro atoms. The average Bonchev–Trinajstić information content (AvgIpc) is 2.81. The standard InChI is InChI=1S/C27H56N3O5P/c1-9-11-13-14-16-18-24(17-15-12-10-2)35-36(33,28(7)8)30-21-19-29(20-22-30)25(31)27(5,6)34-23-26(3,4)32/h24,32H,9-23H2,1-8H3. The van der Waals surface area contributed by atoms with E-state index in [2.05, 4.69) is 13.8 Å². The molecule has 1 saturated heterocycles. The lowest BCUT2D eigenvalue weighted by molar-refractivity contribution is -0.162. The van der Waals surface area contributed by atoms with Crippen LogP contribution in [0.25, 0.3) is 0 Å². The van der Waals surface area contributed by atoms with Crippen LogP contribution < -0.4 is 0 Å². The van der Waals surface area contributed by atoms with Crippen molar-refractivity contribution in [1.29, 1.82) is 0 Å². The Balaban J connectivity index is 2.80. The monoisotopic (exact) mass is 533 g/mol. The number of rotatable bonds is 18. The Morgan fingerprint density at radius 3 is 1.92 bits per heavy atom. The normalized spacial score (nSPS) is 18.4. The third-order valence-electron chi connectivity index (χ3n) is 6.75. The van der Waals surface area contributed by atoms with Gasteiger partial charge in [0.05, 0.1) is 18.3 Å². The van der Waals surface area contributed by atoms with E-state index >= 15 is 0 Å². The zero-order valence-corrected chi connectivity index (χ0v) is 25.4. The summed E-state index contributed by atoms with van der Waals surface area (Å²) in [5.74, 6) is -0.114. The Bertz CT molecular complexity index is 673. The molecule has 1 amide bonds. The highest BCUT2D eigenvalue weighted by molar-refractivity contribution is 7.53. The van der Waals surface area contributed by atoms with Gasteiger partial charge in [-0.1, -0.05) is 65.2 Å². The number of carbonyl (C=O) groups excluding carboxylic acids is 1. The van der Waals surface area contributed by atoms with Gasteiger partial charge in [0.15, 0.2) is 0 Å². The second kappa shape index (κ2) is 15.8. The molecule has 1 heterocycles. The lowest BCUT2D eigenvalue weighted by Crippen LogP contribution is -2.55. The lowest BCUT2D eigenvalue weighted by Gasteiger charge is -2.43. The molecule has 214 valence electrons. The van der Waals surface area contributed by atoms with Crippen molar-refractivity contribution in [3.8, 4) is 0 Å². The van der Waals surface area contributed by atoms with E-state index in [1.807, 2.05) is 18.8 Å². The van der Waals surface area contributed by atoms with Crippen molar-refractivity contribution in [2.45, 2.75) is 123 Å². The second-order valence-electron chi connectivity index (χ2n) is 11.6. The number of unbranched alkanes of at least 4 members (excludes halogenated alkanes) is 6. The minimum atomic E-state index is -3.20. The van der Waals surface area contributed by atoms with Crippen LogP contribution in [-0.4, -0.2) is 89.4 Å². The fourth-order valence-corrected chi connectivity index (χ4v) is 6.52. The predicted molar refractivity (Wildman–Crippen MR) is 148 cm³/mol. The highest BCUT2D eigenvalue weighted by atomic mass is 31.2. The summed E-state index contributed by atoms with van der Waals surface area (Å²) in [5.41, 5.74) is -2.04. The summed E-state index contributed by atoms with van der Waals surface area (Å²) < 4.78 is 30.1. The minimum Gasteiger partial charge on any atom is -0.388 e. The van der Waals surface area contributed by atoms with Crippen LogP contribution in [0.1, 0.15) is 106 Å². The molecule has 9 heteroatoms. The van der Waals surface area contributed by atoms with Gasteiger partial charge < -0.3 is 19.3 Å². The molecule has 0 saturated carbocycles. The average molecular weight is 534 g/mol. The predicted octanol–water partition coefficient (Wildman–Crippen LogP) is 5.69. The molecule has 1 aliphatic heterocycles. The van der Waals surface area contributed by atoms with Crippen molar-refractivity contribution in [2.24, 2.45) is 0 Å². The van der Waals surface area contributed by atoms with Crippen molar-refractivity contribution in [2.75, 3.05) is 46.9 Å². The number of nitrogens with zero attached hydrogens (tertiary/aromatic N) is 3. The smallest absolute Gasteiger partial charge is 0.345 e. The molecule has 1 fully saturated rings. The van der Waals surface area contributed by atoms with Gasteiger partial charge in [0.1, 0.15) is 5.60 Å². The zero-order valence-electron chi connectivity index (χ0n) is 24.6. The number of amides is 1. The van der Waals surface area contributed by atoms with Crippen molar-refractivity contribution in [3.05, 3.63) is 0 Å². The van der Waals surface area contributed by atoms with Gasteiger partial charge in [-0.3, -0.25) is 9.36 Å². The molecule has 0 bridgehead atoms. The topological polar surface area (TPSA) is 82.6 Å². The Labute approximate surface area is 221 Å². The maximum Gasteiger partial charge on any atom is 0.345 e. The summed E-state index contributed by atoms with van der Waals surface area (Å²) in [6.45, 7) is 13.2. The van der Waals surface area contributed by atoms with Gasteiger partial charge in [-0.25, -0.2) is 9.34 Å². The Kier molecular flexibility index (Phi) is 14.7. The van der Waals surface area contributed by atoms with Gasteiger partial charge in [-0.2, -0.15) is 0 Å². The van der Waals surface area contributed by atoms with E-state index in [0.717, 1.165) is 38.5 Å².